The van der Waals surface area contributed by atoms with Crippen LogP contribution in [0, 0.1) is 0 Å². The molecule has 0 unspecified atom stereocenters. The topological polar surface area (TPSA) is 44.1 Å². The third-order valence-corrected chi connectivity index (χ3v) is 2.20. The summed E-state index contributed by atoms with van der Waals surface area (Å²) < 4.78 is 41.3. The lowest BCUT2D eigenvalue weighted by Crippen LogP contribution is -2.28. The molecule has 1 aromatic heterocycles. The van der Waals surface area contributed by atoms with E-state index in [-0.39, 0.29) is 16.9 Å². The Bertz CT molecular complexity index is 471. The van der Waals surface area contributed by atoms with Crippen LogP contribution in [0.5, 0.6) is 0 Å². The number of aromatic nitrogens is 2. The lowest BCUT2D eigenvalue weighted by atomic mass is 10.2. The van der Waals surface area contributed by atoms with Gasteiger partial charge >= 0.3 is 6.18 Å². The van der Waals surface area contributed by atoms with Crippen LogP contribution >= 0.6 is 11.6 Å². The molecule has 0 bridgehead atoms. The first kappa shape index (κ1) is 15.0. The largest absolute Gasteiger partial charge is 0.411 e. The lowest BCUT2D eigenvalue weighted by molar-refractivity contribution is -0.182. The summed E-state index contributed by atoms with van der Waals surface area (Å²) in [5, 5.41) is 0.00997. The van der Waals surface area contributed by atoms with Gasteiger partial charge in [-0.1, -0.05) is 25.4 Å². The summed E-state index contributed by atoms with van der Waals surface area (Å²) in [6, 6.07) is 1.03. The molecule has 0 aromatic carbocycles. The van der Waals surface area contributed by atoms with Gasteiger partial charge in [-0.15, -0.1) is 0 Å². The highest BCUT2D eigenvalue weighted by atomic mass is 35.5. The molecule has 0 saturated carbocycles. The maximum atomic E-state index is 11.9. The highest BCUT2D eigenvalue weighted by molar-refractivity contribution is 6.29. The molecule has 4 nitrogen and oxygen atoms in total. The Balaban J connectivity index is 2.91. The predicted molar refractivity (Wildman–Crippen MR) is 59.6 cm³/mol. The van der Waals surface area contributed by atoms with Crippen molar-refractivity contribution in [1.29, 1.82) is 0 Å². The second kappa shape index (κ2) is 5.71. The van der Waals surface area contributed by atoms with Crippen molar-refractivity contribution >= 4 is 11.6 Å². The summed E-state index contributed by atoms with van der Waals surface area (Å²) in [5.74, 6) is 0.126. The zero-order valence-corrected chi connectivity index (χ0v) is 10.5. The predicted octanol–water partition coefficient (Wildman–Crippen LogP) is 2.56. The summed E-state index contributed by atoms with van der Waals surface area (Å²) in [7, 11) is 0. The van der Waals surface area contributed by atoms with Crippen molar-refractivity contribution in [2.75, 3.05) is 6.61 Å². The first-order valence-corrected chi connectivity index (χ1v) is 5.50. The number of nitrogens with zero attached hydrogens (tertiary/aromatic N) is 2. The molecule has 1 rings (SSSR count). The van der Waals surface area contributed by atoms with E-state index in [0.717, 1.165) is 10.6 Å². The summed E-state index contributed by atoms with van der Waals surface area (Å²) in [6.07, 6.45) is -4.43. The Kier molecular flexibility index (Phi) is 4.75. The molecule has 102 valence electrons. The lowest BCUT2D eigenvalue weighted by Gasteiger charge is -2.15. The third kappa shape index (κ3) is 4.30. The molecule has 8 heteroatoms. The molecular formula is C10H12ClF3N2O2. The quantitative estimate of drug-likeness (QED) is 0.798. The van der Waals surface area contributed by atoms with E-state index in [1.165, 1.54) is 0 Å². The number of alkyl halides is 3. The average Bonchev–Trinajstić information content (AvgIpc) is 2.18. The Morgan fingerprint density at radius 3 is 2.61 bits per heavy atom. The molecule has 0 aliphatic carbocycles. The van der Waals surface area contributed by atoms with Gasteiger partial charge in [0.1, 0.15) is 24.3 Å². The average molecular weight is 285 g/mol. The van der Waals surface area contributed by atoms with E-state index in [2.05, 4.69) is 9.72 Å². The Hall–Kier alpha value is -1.08. The van der Waals surface area contributed by atoms with Crippen LogP contribution in [0.15, 0.2) is 10.9 Å². The first-order valence-electron chi connectivity index (χ1n) is 5.12. The van der Waals surface area contributed by atoms with Gasteiger partial charge < -0.3 is 4.74 Å². The Morgan fingerprint density at radius 2 is 2.11 bits per heavy atom. The van der Waals surface area contributed by atoms with Crippen molar-refractivity contribution in [2.24, 2.45) is 0 Å². The van der Waals surface area contributed by atoms with Crippen molar-refractivity contribution in [3.8, 4) is 0 Å². The number of rotatable bonds is 4. The highest BCUT2D eigenvalue weighted by Crippen LogP contribution is 2.16. The molecular weight excluding hydrogens is 273 g/mol. The zero-order valence-electron chi connectivity index (χ0n) is 9.79. The van der Waals surface area contributed by atoms with Gasteiger partial charge in [0.15, 0.2) is 0 Å². The summed E-state index contributed by atoms with van der Waals surface area (Å²) in [4.78, 5) is 15.5. The first-order chi connectivity index (χ1) is 8.20. The molecule has 0 radical (unpaired) electrons. The van der Waals surface area contributed by atoms with Crippen LogP contribution in [0.4, 0.5) is 13.2 Å². The van der Waals surface area contributed by atoms with E-state index < -0.39 is 25.1 Å². The van der Waals surface area contributed by atoms with Crippen LogP contribution in [0.1, 0.15) is 25.6 Å². The molecule has 0 N–H and O–H groups in total. The highest BCUT2D eigenvalue weighted by Gasteiger charge is 2.27. The fourth-order valence-electron chi connectivity index (χ4n) is 1.32. The van der Waals surface area contributed by atoms with Crippen molar-refractivity contribution in [2.45, 2.75) is 32.7 Å². The molecule has 0 fully saturated rings. The molecule has 1 aromatic rings. The van der Waals surface area contributed by atoms with Gasteiger partial charge in [-0.05, 0) is 0 Å². The smallest absolute Gasteiger partial charge is 0.351 e. The van der Waals surface area contributed by atoms with E-state index in [1.807, 2.05) is 0 Å². The van der Waals surface area contributed by atoms with Gasteiger partial charge in [0.2, 0.25) is 0 Å². The van der Waals surface area contributed by atoms with Gasteiger partial charge in [-0.25, -0.2) is 4.98 Å². The normalized spacial score (nSPS) is 12.2. The molecule has 1 heterocycles. The fourth-order valence-corrected chi connectivity index (χ4v) is 1.50. The molecule has 0 atom stereocenters. The van der Waals surface area contributed by atoms with Crippen LogP contribution in [0.2, 0.25) is 5.15 Å². The molecule has 0 aliphatic rings. The van der Waals surface area contributed by atoms with Crippen LogP contribution in [0.3, 0.4) is 0 Å². The molecule has 0 aliphatic heterocycles. The summed E-state index contributed by atoms with van der Waals surface area (Å²) in [6.45, 7) is 1.58. The minimum Gasteiger partial charge on any atom is -0.351 e. The minimum absolute atomic E-state index is 0.00997. The van der Waals surface area contributed by atoms with Crippen LogP contribution in [-0.4, -0.2) is 22.3 Å². The van der Waals surface area contributed by atoms with Crippen molar-refractivity contribution < 1.29 is 17.9 Å². The van der Waals surface area contributed by atoms with Crippen molar-refractivity contribution in [1.82, 2.24) is 9.55 Å². The second-order valence-corrected chi connectivity index (χ2v) is 4.34. The van der Waals surface area contributed by atoms with Gasteiger partial charge in [-0.3, -0.25) is 9.36 Å². The number of halogens is 4. The summed E-state index contributed by atoms with van der Waals surface area (Å²) >= 11 is 5.63. The van der Waals surface area contributed by atoms with E-state index in [1.54, 1.807) is 13.8 Å². The number of ether oxygens (including phenoxy) is 1. The number of hydrogen-bond acceptors (Lipinski definition) is 3. The number of hydrogen-bond donors (Lipinski definition) is 0. The zero-order chi connectivity index (χ0) is 13.9. The SMILES string of the molecule is CC(C)c1nc(Cl)cc(=O)n1COCC(F)(F)F. The van der Waals surface area contributed by atoms with Gasteiger partial charge in [0, 0.05) is 12.0 Å². The van der Waals surface area contributed by atoms with Crippen LogP contribution in [0.25, 0.3) is 0 Å². The molecule has 0 amide bonds. The van der Waals surface area contributed by atoms with Gasteiger partial charge in [0.05, 0.1) is 0 Å². The van der Waals surface area contributed by atoms with Crippen molar-refractivity contribution in [3.63, 3.8) is 0 Å². The van der Waals surface area contributed by atoms with E-state index >= 15 is 0 Å². The van der Waals surface area contributed by atoms with E-state index in [0.29, 0.717) is 0 Å². The van der Waals surface area contributed by atoms with E-state index in [9.17, 15) is 18.0 Å². The standard InChI is InChI=1S/C10H12ClF3N2O2/c1-6(2)9-15-7(11)3-8(17)16(9)5-18-4-10(12,13)14/h3,6H,4-5H2,1-2H3. The molecule has 18 heavy (non-hydrogen) atoms. The maximum Gasteiger partial charge on any atom is 0.411 e. The molecule has 0 saturated heterocycles. The fraction of sp³-hybridized carbons (Fsp3) is 0.600. The summed E-state index contributed by atoms with van der Waals surface area (Å²) in [5.41, 5.74) is -0.541. The Labute approximate surface area is 106 Å². The van der Waals surface area contributed by atoms with Crippen LogP contribution < -0.4 is 5.56 Å². The molecule has 0 spiro atoms. The van der Waals surface area contributed by atoms with Gasteiger partial charge in [0.25, 0.3) is 5.56 Å². The third-order valence-electron chi connectivity index (χ3n) is 2.01. The van der Waals surface area contributed by atoms with Crippen LogP contribution in [-0.2, 0) is 11.5 Å². The van der Waals surface area contributed by atoms with Crippen molar-refractivity contribution in [3.05, 3.63) is 27.4 Å². The monoisotopic (exact) mass is 284 g/mol. The van der Waals surface area contributed by atoms with Gasteiger partial charge in [-0.2, -0.15) is 13.2 Å². The minimum atomic E-state index is -4.43. The van der Waals surface area contributed by atoms with E-state index in [4.69, 9.17) is 11.6 Å². The maximum absolute atomic E-state index is 11.9. The Morgan fingerprint density at radius 1 is 1.50 bits per heavy atom. The second-order valence-electron chi connectivity index (χ2n) is 3.95.